The summed E-state index contributed by atoms with van der Waals surface area (Å²) in [4.78, 5) is 14.1. The first-order chi connectivity index (χ1) is 9.20. The number of benzene rings is 1. The molecule has 2 rings (SSSR count). The minimum atomic E-state index is -0.263. The first-order valence-electron chi connectivity index (χ1n) is 6.66. The van der Waals surface area contributed by atoms with Crippen molar-refractivity contribution in [3.05, 3.63) is 35.9 Å². The standard InChI is InChI=1S/C14H21N3O2/c15-16-14(19)13(11-4-2-1-3-5-11)10-17-8-6-12(18)7-9-17/h1-5,12-13,18H,6-10,15H2,(H,16,19). The third-order valence-electron chi connectivity index (χ3n) is 3.66. The first kappa shape index (κ1) is 14.0. The van der Waals surface area contributed by atoms with Gasteiger partial charge in [0.1, 0.15) is 0 Å². The maximum Gasteiger partial charge on any atom is 0.242 e. The fourth-order valence-electron chi connectivity index (χ4n) is 2.49. The lowest BCUT2D eigenvalue weighted by molar-refractivity contribution is -0.123. The minimum absolute atomic E-state index is 0.169. The number of piperidine rings is 1. The van der Waals surface area contributed by atoms with E-state index in [0.29, 0.717) is 6.54 Å². The van der Waals surface area contributed by atoms with E-state index in [1.165, 1.54) is 0 Å². The number of amides is 1. The van der Waals surface area contributed by atoms with Crippen molar-refractivity contribution in [1.29, 1.82) is 0 Å². The van der Waals surface area contributed by atoms with Gasteiger partial charge in [-0.15, -0.1) is 0 Å². The average Bonchev–Trinajstić information content (AvgIpc) is 2.47. The lowest BCUT2D eigenvalue weighted by Gasteiger charge is -2.32. The Kier molecular flexibility index (Phi) is 4.90. The SMILES string of the molecule is NNC(=O)C(CN1CCC(O)CC1)c1ccccc1. The molecule has 0 bridgehead atoms. The van der Waals surface area contributed by atoms with Gasteiger partial charge >= 0.3 is 0 Å². The van der Waals surface area contributed by atoms with Crippen molar-refractivity contribution in [1.82, 2.24) is 10.3 Å². The van der Waals surface area contributed by atoms with Gasteiger partial charge in [0.05, 0.1) is 12.0 Å². The molecule has 1 fully saturated rings. The summed E-state index contributed by atoms with van der Waals surface area (Å²) in [6.07, 6.45) is 1.34. The monoisotopic (exact) mass is 263 g/mol. The van der Waals surface area contributed by atoms with E-state index in [0.717, 1.165) is 31.5 Å². The van der Waals surface area contributed by atoms with Gasteiger partial charge in [0.2, 0.25) is 5.91 Å². The summed E-state index contributed by atoms with van der Waals surface area (Å²) in [6.45, 7) is 2.28. The van der Waals surface area contributed by atoms with Crippen LogP contribution in [0, 0.1) is 0 Å². The number of likely N-dealkylation sites (tertiary alicyclic amines) is 1. The van der Waals surface area contributed by atoms with Crippen LogP contribution in [0.5, 0.6) is 0 Å². The van der Waals surface area contributed by atoms with Gasteiger partial charge in [-0.2, -0.15) is 0 Å². The summed E-state index contributed by atoms with van der Waals surface area (Å²) in [7, 11) is 0. The molecule has 1 atom stereocenters. The van der Waals surface area contributed by atoms with Gasteiger partial charge in [-0.25, -0.2) is 5.84 Å². The number of aliphatic hydroxyl groups excluding tert-OH is 1. The number of carbonyl (C=O) groups excluding carboxylic acids is 1. The summed E-state index contributed by atoms with van der Waals surface area (Å²) >= 11 is 0. The molecule has 0 spiro atoms. The van der Waals surface area contributed by atoms with E-state index in [-0.39, 0.29) is 17.9 Å². The molecule has 5 nitrogen and oxygen atoms in total. The Labute approximate surface area is 113 Å². The van der Waals surface area contributed by atoms with Crippen molar-refractivity contribution >= 4 is 5.91 Å². The topological polar surface area (TPSA) is 78.6 Å². The molecule has 1 amide bonds. The Morgan fingerprint density at radius 3 is 2.58 bits per heavy atom. The van der Waals surface area contributed by atoms with Gasteiger partial charge in [0.25, 0.3) is 0 Å². The predicted molar refractivity (Wildman–Crippen MR) is 73.2 cm³/mol. The zero-order valence-corrected chi connectivity index (χ0v) is 11.0. The predicted octanol–water partition coefficient (Wildman–Crippen LogP) is 0.217. The molecular weight excluding hydrogens is 242 g/mol. The van der Waals surface area contributed by atoms with Crippen LogP contribution in [0.2, 0.25) is 0 Å². The van der Waals surface area contributed by atoms with Crippen LogP contribution >= 0.6 is 0 Å². The molecule has 0 saturated carbocycles. The highest BCUT2D eigenvalue weighted by Crippen LogP contribution is 2.20. The van der Waals surface area contributed by atoms with Gasteiger partial charge in [0.15, 0.2) is 0 Å². The molecule has 1 aliphatic rings. The molecule has 5 heteroatoms. The Morgan fingerprint density at radius 1 is 1.37 bits per heavy atom. The van der Waals surface area contributed by atoms with Crippen LogP contribution < -0.4 is 11.3 Å². The molecule has 4 N–H and O–H groups in total. The Hall–Kier alpha value is -1.43. The molecule has 0 aromatic heterocycles. The van der Waals surface area contributed by atoms with Gasteiger partial charge in [-0.1, -0.05) is 30.3 Å². The highest BCUT2D eigenvalue weighted by Gasteiger charge is 2.25. The van der Waals surface area contributed by atoms with Gasteiger partial charge in [0, 0.05) is 19.6 Å². The number of nitrogens with zero attached hydrogens (tertiary/aromatic N) is 1. The molecule has 1 heterocycles. The molecule has 1 aromatic rings. The number of hydrogen-bond acceptors (Lipinski definition) is 4. The van der Waals surface area contributed by atoms with E-state index in [4.69, 9.17) is 5.84 Å². The van der Waals surface area contributed by atoms with E-state index in [9.17, 15) is 9.90 Å². The summed E-state index contributed by atoms with van der Waals surface area (Å²) in [5.41, 5.74) is 3.22. The highest BCUT2D eigenvalue weighted by atomic mass is 16.3. The fourth-order valence-corrected chi connectivity index (χ4v) is 2.49. The summed E-state index contributed by atoms with van der Waals surface area (Å²) in [6, 6.07) is 9.66. The first-order valence-corrected chi connectivity index (χ1v) is 6.66. The van der Waals surface area contributed by atoms with Gasteiger partial charge < -0.3 is 10.0 Å². The van der Waals surface area contributed by atoms with Gasteiger partial charge in [-0.05, 0) is 18.4 Å². The summed E-state index contributed by atoms with van der Waals surface area (Å²) in [5.74, 6) is 4.85. The van der Waals surface area contributed by atoms with Crippen LogP contribution in [0.3, 0.4) is 0 Å². The highest BCUT2D eigenvalue weighted by molar-refractivity contribution is 5.83. The second-order valence-electron chi connectivity index (χ2n) is 5.00. The summed E-state index contributed by atoms with van der Waals surface area (Å²) in [5, 5.41) is 9.51. The second kappa shape index (κ2) is 6.65. The van der Waals surface area contributed by atoms with Crippen molar-refractivity contribution in [3.63, 3.8) is 0 Å². The minimum Gasteiger partial charge on any atom is -0.393 e. The Morgan fingerprint density at radius 2 is 2.00 bits per heavy atom. The summed E-state index contributed by atoms with van der Waals surface area (Å²) < 4.78 is 0. The molecule has 0 radical (unpaired) electrons. The van der Waals surface area contributed by atoms with Crippen molar-refractivity contribution in [2.75, 3.05) is 19.6 Å². The third kappa shape index (κ3) is 3.76. The number of carbonyl (C=O) groups is 1. The fraction of sp³-hybridized carbons (Fsp3) is 0.500. The van der Waals surface area contributed by atoms with Crippen LogP contribution in [-0.4, -0.2) is 41.7 Å². The zero-order valence-electron chi connectivity index (χ0n) is 11.0. The maximum atomic E-state index is 11.9. The number of hydrogen-bond donors (Lipinski definition) is 3. The van der Waals surface area contributed by atoms with Crippen molar-refractivity contribution < 1.29 is 9.90 Å². The van der Waals surface area contributed by atoms with E-state index in [1.807, 2.05) is 30.3 Å². The largest absolute Gasteiger partial charge is 0.393 e. The second-order valence-corrected chi connectivity index (χ2v) is 5.00. The Balaban J connectivity index is 2.05. The molecule has 104 valence electrons. The lowest BCUT2D eigenvalue weighted by atomic mass is 9.96. The molecule has 1 aliphatic heterocycles. The average molecular weight is 263 g/mol. The van der Waals surface area contributed by atoms with Crippen molar-refractivity contribution in [3.8, 4) is 0 Å². The van der Waals surface area contributed by atoms with E-state index < -0.39 is 0 Å². The van der Waals surface area contributed by atoms with Crippen LogP contribution in [0.15, 0.2) is 30.3 Å². The van der Waals surface area contributed by atoms with Crippen LogP contribution in [-0.2, 0) is 4.79 Å². The molecule has 1 aromatic carbocycles. The quantitative estimate of drug-likeness (QED) is 0.412. The van der Waals surface area contributed by atoms with E-state index in [1.54, 1.807) is 0 Å². The molecule has 0 aliphatic carbocycles. The molecule has 1 unspecified atom stereocenters. The van der Waals surface area contributed by atoms with Gasteiger partial charge in [-0.3, -0.25) is 10.2 Å². The Bertz CT molecular complexity index is 402. The number of hydrazine groups is 1. The number of nitrogens with two attached hydrogens (primary N) is 1. The van der Waals surface area contributed by atoms with Crippen molar-refractivity contribution in [2.24, 2.45) is 5.84 Å². The molecule has 1 saturated heterocycles. The van der Waals surface area contributed by atoms with Crippen molar-refractivity contribution in [2.45, 2.75) is 24.9 Å². The molecular formula is C14H21N3O2. The third-order valence-corrected chi connectivity index (χ3v) is 3.66. The lowest BCUT2D eigenvalue weighted by Crippen LogP contribution is -2.43. The number of aliphatic hydroxyl groups is 1. The van der Waals surface area contributed by atoms with E-state index in [2.05, 4.69) is 10.3 Å². The maximum absolute atomic E-state index is 11.9. The number of nitrogens with one attached hydrogen (secondary N) is 1. The normalized spacial score (nSPS) is 19.1. The zero-order chi connectivity index (χ0) is 13.7. The molecule has 19 heavy (non-hydrogen) atoms. The smallest absolute Gasteiger partial charge is 0.242 e. The van der Waals surface area contributed by atoms with Crippen LogP contribution in [0.1, 0.15) is 24.3 Å². The van der Waals surface area contributed by atoms with Crippen LogP contribution in [0.4, 0.5) is 0 Å². The number of rotatable bonds is 4. The van der Waals surface area contributed by atoms with E-state index >= 15 is 0 Å². The van der Waals surface area contributed by atoms with Crippen LogP contribution in [0.25, 0.3) is 0 Å².